The summed E-state index contributed by atoms with van der Waals surface area (Å²) in [6.45, 7) is 0. The van der Waals surface area contributed by atoms with Crippen molar-refractivity contribution in [2.24, 2.45) is 11.7 Å². The Labute approximate surface area is 98.4 Å². The average molecular weight is 236 g/mol. The molecule has 6 heteroatoms. The summed E-state index contributed by atoms with van der Waals surface area (Å²) in [5.41, 5.74) is 6.06. The Morgan fingerprint density at radius 1 is 1.56 bits per heavy atom. The maximum absolute atomic E-state index is 11.8. The first kappa shape index (κ1) is 10.9. The van der Waals surface area contributed by atoms with Gasteiger partial charge in [-0.3, -0.25) is 4.79 Å². The lowest BCUT2D eigenvalue weighted by molar-refractivity contribution is 0.0943. The van der Waals surface area contributed by atoms with Gasteiger partial charge in [0, 0.05) is 0 Å². The lowest BCUT2D eigenvalue weighted by atomic mass is 10.1. The van der Waals surface area contributed by atoms with Crippen LogP contribution in [0.25, 0.3) is 0 Å². The van der Waals surface area contributed by atoms with E-state index in [1.165, 1.54) is 12.4 Å². The number of nitrogens with one attached hydrogen (secondary N) is 1. The van der Waals surface area contributed by atoms with Gasteiger partial charge in [0.05, 0.1) is 29.0 Å². The van der Waals surface area contributed by atoms with Gasteiger partial charge in [-0.1, -0.05) is 12.2 Å². The predicted molar refractivity (Wildman–Crippen MR) is 62.8 cm³/mol. The van der Waals surface area contributed by atoms with Crippen molar-refractivity contribution in [2.75, 3.05) is 0 Å². The number of amides is 1. The number of hydrogen-bond donors (Lipinski definition) is 2. The van der Waals surface area contributed by atoms with Gasteiger partial charge in [0.2, 0.25) is 0 Å². The molecule has 3 N–H and O–H groups in total. The SMILES string of the molecule is NC(=S)C(NC(=O)c1ccnnc1)C1CC1. The summed E-state index contributed by atoms with van der Waals surface area (Å²) in [6, 6.07) is 1.40. The van der Waals surface area contributed by atoms with E-state index in [0.717, 1.165) is 12.8 Å². The molecule has 0 spiro atoms. The fourth-order valence-electron chi connectivity index (χ4n) is 1.50. The molecule has 1 aliphatic rings. The number of carbonyl (C=O) groups is 1. The Kier molecular flexibility index (Phi) is 3.09. The molecule has 1 unspecified atom stereocenters. The normalized spacial score (nSPS) is 16.5. The third kappa shape index (κ3) is 2.52. The second-order valence-corrected chi connectivity index (χ2v) is 4.29. The Bertz CT molecular complexity index is 405. The minimum Gasteiger partial charge on any atom is -0.392 e. The molecule has 16 heavy (non-hydrogen) atoms. The highest BCUT2D eigenvalue weighted by Crippen LogP contribution is 2.32. The highest BCUT2D eigenvalue weighted by molar-refractivity contribution is 7.80. The first-order valence-corrected chi connectivity index (χ1v) is 5.46. The molecule has 1 saturated carbocycles. The molecule has 1 atom stereocenters. The summed E-state index contributed by atoms with van der Waals surface area (Å²) < 4.78 is 0. The van der Waals surface area contributed by atoms with Crippen molar-refractivity contribution in [3.8, 4) is 0 Å². The van der Waals surface area contributed by atoms with Crippen molar-refractivity contribution in [2.45, 2.75) is 18.9 Å². The van der Waals surface area contributed by atoms with Gasteiger partial charge in [0.1, 0.15) is 0 Å². The molecule has 1 fully saturated rings. The molecule has 1 heterocycles. The number of rotatable bonds is 4. The van der Waals surface area contributed by atoms with Gasteiger partial charge < -0.3 is 11.1 Å². The van der Waals surface area contributed by atoms with Crippen molar-refractivity contribution < 1.29 is 4.79 Å². The predicted octanol–water partition coefficient (Wildman–Crippen LogP) is 0.271. The summed E-state index contributed by atoms with van der Waals surface area (Å²) in [5.74, 6) is 0.191. The minimum absolute atomic E-state index is 0.198. The van der Waals surface area contributed by atoms with Crippen molar-refractivity contribution in [1.29, 1.82) is 0 Å². The van der Waals surface area contributed by atoms with Gasteiger partial charge in [-0.15, -0.1) is 0 Å². The lowest BCUT2D eigenvalue weighted by Gasteiger charge is -2.16. The van der Waals surface area contributed by atoms with E-state index < -0.39 is 0 Å². The quantitative estimate of drug-likeness (QED) is 0.733. The van der Waals surface area contributed by atoms with Crippen LogP contribution >= 0.6 is 12.2 Å². The van der Waals surface area contributed by atoms with Crippen molar-refractivity contribution in [3.05, 3.63) is 24.0 Å². The maximum atomic E-state index is 11.8. The summed E-state index contributed by atoms with van der Waals surface area (Å²) in [4.78, 5) is 12.1. The van der Waals surface area contributed by atoms with Crippen molar-refractivity contribution in [3.63, 3.8) is 0 Å². The number of thiocarbonyl (C=S) groups is 1. The summed E-state index contributed by atoms with van der Waals surface area (Å²) in [6.07, 6.45) is 5.02. The molecule has 0 radical (unpaired) electrons. The van der Waals surface area contributed by atoms with Crippen molar-refractivity contribution in [1.82, 2.24) is 15.5 Å². The minimum atomic E-state index is -0.209. The Morgan fingerprint density at radius 2 is 2.31 bits per heavy atom. The first-order valence-electron chi connectivity index (χ1n) is 5.05. The summed E-state index contributed by atoms with van der Waals surface area (Å²) in [7, 11) is 0. The number of hydrogen-bond acceptors (Lipinski definition) is 4. The van der Waals surface area contributed by atoms with Crippen molar-refractivity contribution >= 4 is 23.1 Å². The van der Waals surface area contributed by atoms with E-state index in [4.69, 9.17) is 18.0 Å². The number of nitrogens with zero attached hydrogens (tertiary/aromatic N) is 2. The zero-order valence-corrected chi connectivity index (χ0v) is 9.41. The van der Waals surface area contributed by atoms with Gasteiger partial charge >= 0.3 is 0 Å². The van der Waals surface area contributed by atoms with Gasteiger partial charge in [0.25, 0.3) is 5.91 Å². The molecule has 0 aliphatic heterocycles. The molecule has 0 bridgehead atoms. The van der Waals surface area contributed by atoms with Gasteiger partial charge in [-0.25, -0.2) is 0 Å². The van der Waals surface area contributed by atoms with Crippen LogP contribution < -0.4 is 11.1 Å². The lowest BCUT2D eigenvalue weighted by Crippen LogP contribution is -2.45. The van der Waals surface area contributed by atoms with Crippen LogP contribution in [0.5, 0.6) is 0 Å². The zero-order valence-electron chi connectivity index (χ0n) is 8.59. The van der Waals surface area contributed by atoms with Crippen LogP contribution in [0.3, 0.4) is 0 Å². The topological polar surface area (TPSA) is 80.9 Å². The second-order valence-electron chi connectivity index (χ2n) is 3.82. The fraction of sp³-hybridized carbons (Fsp3) is 0.400. The van der Waals surface area contributed by atoms with E-state index in [2.05, 4.69) is 15.5 Å². The van der Waals surface area contributed by atoms with Crippen LogP contribution in [0.2, 0.25) is 0 Å². The second kappa shape index (κ2) is 4.52. The summed E-state index contributed by atoms with van der Waals surface area (Å²) >= 11 is 4.94. The number of carbonyl (C=O) groups excluding carboxylic acids is 1. The largest absolute Gasteiger partial charge is 0.392 e. The standard InChI is InChI=1S/C10H12N4OS/c11-9(16)8(6-1-2-6)14-10(15)7-3-4-12-13-5-7/h3-6,8H,1-2H2,(H2,11,16)(H,14,15). The molecule has 0 saturated heterocycles. The summed E-state index contributed by atoms with van der Waals surface area (Å²) in [5, 5.41) is 10.1. The Morgan fingerprint density at radius 3 is 2.81 bits per heavy atom. The molecule has 1 aliphatic carbocycles. The average Bonchev–Trinajstić information content (AvgIpc) is 3.10. The van der Waals surface area contributed by atoms with Gasteiger partial charge in [0.15, 0.2) is 0 Å². The maximum Gasteiger partial charge on any atom is 0.253 e. The number of aromatic nitrogens is 2. The van der Waals surface area contributed by atoms with E-state index in [1.54, 1.807) is 6.07 Å². The van der Waals surface area contributed by atoms with E-state index in [0.29, 0.717) is 16.5 Å². The molecule has 1 aromatic rings. The molecule has 0 aromatic carbocycles. The number of nitrogens with two attached hydrogens (primary N) is 1. The van der Waals surface area contributed by atoms with Crippen LogP contribution in [0.15, 0.2) is 18.5 Å². The van der Waals surface area contributed by atoms with Crippen LogP contribution in [0, 0.1) is 5.92 Å². The van der Waals surface area contributed by atoms with Crippen LogP contribution in [-0.2, 0) is 0 Å². The van der Waals surface area contributed by atoms with Crippen LogP contribution in [0.4, 0.5) is 0 Å². The first-order chi connectivity index (χ1) is 7.68. The van der Waals surface area contributed by atoms with Gasteiger partial charge in [-0.2, -0.15) is 10.2 Å². The molecule has 1 amide bonds. The van der Waals surface area contributed by atoms with Gasteiger partial charge in [-0.05, 0) is 24.8 Å². The van der Waals surface area contributed by atoms with E-state index >= 15 is 0 Å². The van der Waals surface area contributed by atoms with E-state index in [9.17, 15) is 4.79 Å². The van der Waals surface area contributed by atoms with E-state index in [1.807, 2.05) is 0 Å². The molecule has 1 aromatic heterocycles. The Hall–Kier alpha value is -1.56. The van der Waals surface area contributed by atoms with Crippen LogP contribution in [0.1, 0.15) is 23.2 Å². The molecule has 84 valence electrons. The highest BCUT2D eigenvalue weighted by atomic mass is 32.1. The van der Waals surface area contributed by atoms with E-state index in [-0.39, 0.29) is 11.9 Å². The smallest absolute Gasteiger partial charge is 0.253 e. The highest BCUT2D eigenvalue weighted by Gasteiger charge is 2.34. The fourth-order valence-corrected chi connectivity index (χ4v) is 1.75. The zero-order chi connectivity index (χ0) is 11.5. The third-order valence-electron chi connectivity index (χ3n) is 2.53. The van der Waals surface area contributed by atoms with Crippen LogP contribution in [-0.4, -0.2) is 27.1 Å². The molecule has 2 rings (SSSR count). The molecule has 5 nitrogen and oxygen atoms in total. The Balaban J connectivity index is 2.03. The molecular weight excluding hydrogens is 224 g/mol. The molecular formula is C10H12N4OS. The monoisotopic (exact) mass is 236 g/mol. The third-order valence-corrected chi connectivity index (χ3v) is 2.79.